The molecule has 208 valence electrons. The van der Waals surface area contributed by atoms with Gasteiger partial charge in [-0.05, 0) is 68.2 Å². The molecule has 2 N–H and O–H groups in total. The van der Waals surface area contributed by atoms with Crippen molar-refractivity contribution < 1.29 is 9.90 Å². The first kappa shape index (κ1) is 32.5. The maximum atomic E-state index is 10.6. The molecule has 4 nitrogen and oxygen atoms in total. The number of allylic oxidation sites excluding steroid dienone is 5. The Morgan fingerprint density at radius 2 is 1.54 bits per heavy atom. The zero-order chi connectivity index (χ0) is 27.7. The summed E-state index contributed by atoms with van der Waals surface area (Å²) in [5.41, 5.74) is 3.76. The molecule has 0 aliphatic rings. The zero-order valence-electron chi connectivity index (χ0n) is 24.8. The lowest BCUT2D eigenvalue weighted by Crippen LogP contribution is -2.25. The summed E-state index contributed by atoms with van der Waals surface area (Å²) >= 11 is 0. The number of hydrogen-bond donors (Lipinski definition) is 2. The van der Waals surface area contributed by atoms with Crippen molar-refractivity contribution >= 4 is 11.7 Å². The third kappa shape index (κ3) is 12.5. The van der Waals surface area contributed by atoms with E-state index in [9.17, 15) is 4.79 Å². The van der Waals surface area contributed by atoms with Gasteiger partial charge in [0.2, 0.25) is 0 Å². The van der Waals surface area contributed by atoms with Gasteiger partial charge in [-0.25, -0.2) is 0 Å². The van der Waals surface area contributed by atoms with Crippen molar-refractivity contribution in [2.24, 2.45) is 5.41 Å². The SMILES string of the molecule is C/C=C(\C=C/NCCCCCC(=O)O)C(C)(C)/C=C/C(C)(C)c1ccc(N(CCCC)CCCC)cc1. The smallest absolute Gasteiger partial charge is 0.303 e. The van der Waals surface area contributed by atoms with Crippen LogP contribution in [0.3, 0.4) is 0 Å². The van der Waals surface area contributed by atoms with E-state index in [2.05, 4.69) is 107 Å². The van der Waals surface area contributed by atoms with Gasteiger partial charge in [-0.2, -0.15) is 0 Å². The molecule has 0 aromatic heterocycles. The highest BCUT2D eigenvalue weighted by Gasteiger charge is 2.22. The Morgan fingerprint density at radius 3 is 2.08 bits per heavy atom. The van der Waals surface area contributed by atoms with Crippen LogP contribution in [-0.4, -0.2) is 30.7 Å². The highest BCUT2D eigenvalue weighted by Crippen LogP contribution is 2.33. The molecule has 0 aliphatic carbocycles. The van der Waals surface area contributed by atoms with Crippen LogP contribution in [0.2, 0.25) is 0 Å². The topological polar surface area (TPSA) is 52.6 Å². The number of aliphatic carboxylic acids is 1. The quantitative estimate of drug-likeness (QED) is 0.111. The Morgan fingerprint density at radius 1 is 0.919 bits per heavy atom. The van der Waals surface area contributed by atoms with E-state index in [1.54, 1.807) is 0 Å². The standard InChI is InChI=1S/C33H54N2O2/c1-8-11-26-35(27-12-9-2)30-19-17-29(18-20-30)33(6,7)23-22-32(4,5)28(10-3)21-25-34-24-15-13-14-16-31(36)37/h10,17-23,25,34H,8-9,11-16,24,26-27H2,1-7H3,(H,36,37)/b23-22+,25-21-,28-10+. The van der Waals surface area contributed by atoms with Gasteiger partial charge in [0.1, 0.15) is 0 Å². The molecule has 0 saturated carbocycles. The maximum absolute atomic E-state index is 10.6. The molecule has 0 heterocycles. The molecule has 1 aromatic carbocycles. The Kier molecular flexibility index (Phi) is 15.0. The summed E-state index contributed by atoms with van der Waals surface area (Å²) in [4.78, 5) is 13.1. The fraction of sp³-hybridized carbons (Fsp3) is 0.606. The Hall–Kier alpha value is -2.49. The molecule has 4 heteroatoms. The molecule has 0 fully saturated rings. The number of carboxylic acid groups (broad SMARTS) is 1. The Balaban J connectivity index is 2.78. The summed E-state index contributed by atoms with van der Waals surface area (Å²) in [6.07, 6.45) is 18.9. The van der Waals surface area contributed by atoms with Crippen molar-refractivity contribution in [2.75, 3.05) is 24.5 Å². The number of rotatable bonds is 19. The van der Waals surface area contributed by atoms with Crippen LogP contribution in [-0.2, 0) is 10.2 Å². The Labute approximate surface area is 227 Å². The number of carboxylic acids is 1. The van der Waals surface area contributed by atoms with Crippen LogP contribution >= 0.6 is 0 Å². The van der Waals surface area contributed by atoms with Crippen LogP contribution in [0.15, 0.2) is 60.3 Å². The molecular formula is C33H54N2O2. The molecule has 0 spiro atoms. The van der Waals surface area contributed by atoms with Gasteiger partial charge in [-0.1, -0.05) is 91.2 Å². The van der Waals surface area contributed by atoms with Crippen LogP contribution in [0.25, 0.3) is 0 Å². The van der Waals surface area contributed by atoms with Crippen LogP contribution in [0.1, 0.15) is 105 Å². The van der Waals surface area contributed by atoms with Crippen molar-refractivity contribution in [3.63, 3.8) is 0 Å². The summed E-state index contributed by atoms with van der Waals surface area (Å²) in [5.74, 6) is -0.711. The van der Waals surface area contributed by atoms with Crippen LogP contribution in [0.4, 0.5) is 5.69 Å². The summed E-state index contributed by atoms with van der Waals surface area (Å²) in [6.45, 7) is 18.8. The predicted molar refractivity (Wildman–Crippen MR) is 161 cm³/mol. The number of carbonyl (C=O) groups is 1. The first-order valence-corrected chi connectivity index (χ1v) is 14.4. The van der Waals surface area contributed by atoms with Crippen molar-refractivity contribution in [3.05, 3.63) is 65.9 Å². The van der Waals surface area contributed by atoms with Crippen LogP contribution in [0, 0.1) is 5.41 Å². The second-order valence-electron chi connectivity index (χ2n) is 11.3. The summed E-state index contributed by atoms with van der Waals surface area (Å²) < 4.78 is 0. The monoisotopic (exact) mass is 510 g/mol. The number of anilines is 1. The highest BCUT2D eigenvalue weighted by atomic mass is 16.4. The fourth-order valence-corrected chi connectivity index (χ4v) is 4.37. The lowest BCUT2D eigenvalue weighted by atomic mass is 9.78. The molecule has 0 amide bonds. The van der Waals surface area contributed by atoms with Gasteiger partial charge in [-0.15, -0.1) is 0 Å². The second-order valence-corrected chi connectivity index (χ2v) is 11.3. The van der Waals surface area contributed by atoms with Gasteiger partial charge in [0.15, 0.2) is 0 Å². The maximum Gasteiger partial charge on any atom is 0.303 e. The average Bonchev–Trinajstić information content (AvgIpc) is 2.86. The third-order valence-corrected chi connectivity index (χ3v) is 7.10. The number of benzene rings is 1. The zero-order valence-corrected chi connectivity index (χ0v) is 24.8. The molecule has 37 heavy (non-hydrogen) atoms. The molecule has 0 unspecified atom stereocenters. The number of nitrogens with one attached hydrogen (secondary N) is 1. The summed E-state index contributed by atoms with van der Waals surface area (Å²) in [5, 5.41) is 12.1. The minimum Gasteiger partial charge on any atom is -0.481 e. The number of hydrogen-bond acceptors (Lipinski definition) is 3. The lowest BCUT2D eigenvalue weighted by Gasteiger charge is -2.28. The third-order valence-electron chi connectivity index (χ3n) is 7.10. The first-order valence-electron chi connectivity index (χ1n) is 14.4. The van der Waals surface area contributed by atoms with E-state index >= 15 is 0 Å². The Bertz CT molecular complexity index is 855. The molecule has 1 rings (SSSR count). The van der Waals surface area contributed by atoms with Crippen LogP contribution < -0.4 is 10.2 Å². The molecule has 0 radical (unpaired) electrons. The second kappa shape index (κ2) is 17.1. The lowest BCUT2D eigenvalue weighted by molar-refractivity contribution is -0.137. The number of nitrogens with zero attached hydrogens (tertiary/aromatic N) is 1. The molecule has 1 aromatic rings. The van der Waals surface area contributed by atoms with Crippen molar-refractivity contribution in [3.8, 4) is 0 Å². The first-order chi connectivity index (χ1) is 17.6. The van der Waals surface area contributed by atoms with Gasteiger partial charge in [0.05, 0.1) is 0 Å². The molecule has 0 saturated heterocycles. The van der Waals surface area contributed by atoms with E-state index in [1.807, 2.05) is 6.20 Å². The van der Waals surface area contributed by atoms with E-state index in [0.717, 1.165) is 38.9 Å². The van der Waals surface area contributed by atoms with Crippen molar-refractivity contribution in [1.29, 1.82) is 0 Å². The minimum absolute atomic E-state index is 0.0652. The average molecular weight is 511 g/mol. The predicted octanol–water partition coefficient (Wildman–Crippen LogP) is 8.65. The van der Waals surface area contributed by atoms with Crippen molar-refractivity contribution in [1.82, 2.24) is 5.32 Å². The normalized spacial score (nSPS) is 13.0. The molecule has 0 atom stereocenters. The van der Waals surface area contributed by atoms with Gasteiger partial charge in [0.25, 0.3) is 0 Å². The van der Waals surface area contributed by atoms with Gasteiger partial charge < -0.3 is 15.3 Å². The molecule has 0 bridgehead atoms. The van der Waals surface area contributed by atoms with Crippen molar-refractivity contribution in [2.45, 2.75) is 105 Å². The highest BCUT2D eigenvalue weighted by molar-refractivity contribution is 5.66. The van der Waals surface area contributed by atoms with E-state index in [0.29, 0.717) is 0 Å². The van der Waals surface area contributed by atoms with Crippen LogP contribution in [0.5, 0.6) is 0 Å². The number of unbranched alkanes of at least 4 members (excludes halogenated alkanes) is 4. The molecule has 0 aliphatic heterocycles. The van der Waals surface area contributed by atoms with E-state index < -0.39 is 5.97 Å². The summed E-state index contributed by atoms with van der Waals surface area (Å²) in [6, 6.07) is 9.20. The van der Waals surface area contributed by atoms with E-state index in [4.69, 9.17) is 5.11 Å². The summed E-state index contributed by atoms with van der Waals surface area (Å²) in [7, 11) is 0. The van der Waals surface area contributed by atoms with Gasteiger partial charge >= 0.3 is 5.97 Å². The van der Waals surface area contributed by atoms with Gasteiger partial charge in [-0.3, -0.25) is 4.79 Å². The van der Waals surface area contributed by atoms with Gasteiger partial charge in [0, 0.05) is 42.6 Å². The van der Waals surface area contributed by atoms with E-state index in [-0.39, 0.29) is 17.3 Å². The molecular weight excluding hydrogens is 456 g/mol. The van der Waals surface area contributed by atoms with E-state index in [1.165, 1.54) is 42.5 Å². The fourth-order valence-electron chi connectivity index (χ4n) is 4.37. The largest absolute Gasteiger partial charge is 0.481 e. The minimum atomic E-state index is -0.711.